The van der Waals surface area contributed by atoms with E-state index in [-0.39, 0.29) is 22.6 Å². The van der Waals surface area contributed by atoms with E-state index in [0.29, 0.717) is 0 Å². The predicted molar refractivity (Wildman–Crippen MR) is 66.7 cm³/mol. The Bertz CT molecular complexity index is 719. The van der Waals surface area contributed by atoms with Crippen molar-refractivity contribution in [3.8, 4) is 17.3 Å². The molecule has 21 heavy (non-hydrogen) atoms. The maximum Gasteiger partial charge on any atom is 0.451 e. The Hall–Kier alpha value is -2.69. The number of rotatable bonds is 2. The molecule has 0 radical (unpaired) electrons. The van der Waals surface area contributed by atoms with Gasteiger partial charge in [-0.1, -0.05) is 0 Å². The quantitative estimate of drug-likeness (QED) is 0.864. The normalized spacial score (nSPS) is 11.0. The maximum atomic E-state index is 13.4. The van der Waals surface area contributed by atoms with Gasteiger partial charge in [0, 0.05) is 18.7 Å². The predicted octanol–water partition coefficient (Wildman–Crippen LogP) is 3.21. The zero-order chi connectivity index (χ0) is 15.6. The van der Waals surface area contributed by atoms with Gasteiger partial charge in [0.1, 0.15) is 11.6 Å². The molecule has 0 atom stereocenters. The van der Waals surface area contributed by atoms with E-state index in [9.17, 15) is 17.6 Å². The Labute approximate surface area is 117 Å². The van der Waals surface area contributed by atoms with Crippen LogP contribution in [0.5, 0.6) is 0 Å². The topological polar surface area (TPSA) is 61.6 Å². The number of anilines is 1. The SMILES string of the molecule is CNc1cc(-c2cc(F)cc(C#N)c2)nc(C(F)(F)F)n1. The minimum absolute atomic E-state index is 0.0109. The first kappa shape index (κ1) is 14.7. The Morgan fingerprint density at radius 1 is 1.14 bits per heavy atom. The van der Waals surface area contributed by atoms with E-state index in [1.807, 2.05) is 0 Å². The third kappa shape index (κ3) is 3.25. The average molecular weight is 296 g/mol. The van der Waals surface area contributed by atoms with Gasteiger partial charge in [0.15, 0.2) is 0 Å². The third-order valence-electron chi connectivity index (χ3n) is 2.56. The molecule has 1 aromatic heterocycles. The molecule has 0 saturated heterocycles. The summed E-state index contributed by atoms with van der Waals surface area (Å²) in [6.45, 7) is 0. The average Bonchev–Trinajstić information content (AvgIpc) is 2.45. The van der Waals surface area contributed by atoms with Gasteiger partial charge in [0.2, 0.25) is 5.82 Å². The van der Waals surface area contributed by atoms with E-state index < -0.39 is 17.8 Å². The first-order chi connectivity index (χ1) is 9.83. The lowest BCUT2D eigenvalue weighted by atomic mass is 10.1. The van der Waals surface area contributed by atoms with Crippen molar-refractivity contribution in [1.82, 2.24) is 9.97 Å². The van der Waals surface area contributed by atoms with E-state index in [1.54, 1.807) is 6.07 Å². The summed E-state index contributed by atoms with van der Waals surface area (Å²) in [6.07, 6.45) is -4.73. The zero-order valence-corrected chi connectivity index (χ0v) is 10.7. The van der Waals surface area contributed by atoms with Gasteiger partial charge >= 0.3 is 6.18 Å². The Balaban J connectivity index is 2.64. The second kappa shape index (κ2) is 5.36. The number of benzene rings is 1. The minimum Gasteiger partial charge on any atom is -0.373 e. The molecule has 108 valence electrons. The van der Waals surface area contributed by atoms with Gasteiger partial charge < -0.3 is 5.32 Å². The fourth-order valence-corrected chi connectivity index (χ4v) is 1.65. The number of alkyl halides is 3. The molecule has 2 aromatic rings. The molecule has 0 fully saturated rings. The lowest BCUT2D eigenvalue weighted by Gasteiger charge is -2.10. The van der Waals surface area contributed by atoms with E-state index in [1.165, 1.54) is 19.2 Å². The summed E-state index contributed by atoms with van der Waals surface area (Å²) in [5.74, 6) is -2.13. The van der Waals surface area contributed by atoms with Crippen LogP contribution in [-0.4, -0.2) is 17.0 Å². The van der Waals surface area contributed by atoms with Gasteiger partial charge in [-0.2, -0.15) is 18.4 Å². The first-order valence-corrected chi connectivity index (χ1v) is 5.68. The molecule has 2 rings (SSSR count). The smallest absolute Gasteiger partial charge is 0.373 e. The zero-order valence-electron chi connectivity index (χ0n) is 10.7. The van der Waals surface area contributed by atoms with E-state index in [0.717, 1.165) is 12.1 Å². The second-order valence-electron chi connectivity index (χ2n) is 4.05. The first-order valence-electron chi connectivity index (χ1n) is 5.68. The summed E-state index contributed by atoms with van der Waals surface area (Å²) in [5, 5.41) is 11.3. The summed E-state index contributed by atoms with van der Waals surface area (Å²) in [7, 11) is 1.40. The summed E-state index contributed by atoms with van der Waals surface area (Å²) < 4.78 is 51.6. The van der Waals surface area contributed by atoms with E-state index in [2.05, 4.69) is 15.3 Å². The number of aromatic nitrogens is 2. The molecule has 0 bridgehead atoms. The van der Waals surface area contributed by atoms with Crippen molar-refractivity contribution in [2.75, 3.05) is 12.4 Å². The standard InChI is InChI=1S/C13H8F4N4/c1-19-11-5-10(20-12(21-11)13(15,16)17)8-2-7(6-18)3-9(14)4-8/h2-5H,1H3,(H,19,20,21). The fourth-order valence-electron chi connectivity index (χ4n) is 1.65. The van der Waals surface area contributed by atoms with Gasteiger partial charge in [-0.05, 0) is 18.2 Å². The van der Waals surface area contributed by atoms with Crippen LogP contribution in [0.15, 0.2) is 24.3 Å². The molecule has 0 aliphatic rings. The Morgan fingerprint density at radius 2 is 1.86 bits per heavy atom. The van der Waals surface area contributed by atoms with Crippen molar-refractivity contribution in [3.63, 3.8) is 0 Å². The largest absolute Gasteiger partial charge is 0.451 e. The van der Waals surface area contributed by atoms with E-state index >= 15 is 0 Å². The minimum atomic E-state index is -4.73. The van der Waals surface area contributed by atoms with Crippen LogP contribution in [0.25, 0.3) is 11.3 Å². The lowest BCUT2D eigenvalue weighted by molar-refractivity contribution is -0.144. The van der Waals surface area contributed by atoms with Crippen molar-refractivity contribution in [3.05, 3.63) is 41.5 Å². The summed E-state index contributed by atoms with van der Waals surface area (Å²) >= 11 is 0. The van der Waals surface area contributed by atoms with Crippen molar-refractivity contribution in [1.29, 1.82) is 5.26 Å². The number of hydrogen-bond acceptors (Lipinski definition) is 4. The molecule has 8 heteroatoms. The van der Waals surface area contributed by atoms with Crippen molar-refractivity contribution in [2.24, 2.45) is 0 Å². The monoisotopic (exact) mass is 296 g/mol. The van der Waals surface area contributed by atoms with Crippen LogP contribution < -0.4 is 5.32 Å². The number of nitriles is 1. The molecule has 0 aliphatic carbocycles. The third-order valence-corrected chi connectivity index (χ3v) is 2.56. The Kier molecular flexibility index (Phi) is 3.76. The highest BCUT2D eigenvalue weighted by Gasteiger charge is 2.35. The molecule has 4 nitrogen and oxygen atoms in total. The highest BCUT2D eigenvalue weighted by atomic mass is 19.4. The molecular weight excluding hydrogens is 288 g/mol. The van der Waals surface area contributed by atoms with Crippen molar-refractivity contribution in [2.45, 2.75) is 6.18 Å². The van der Waals surface area contributed by atoms with Crippen molar-refractivity contribution < 1.29 is 17.6 Å². The molecule has 1 aromatic carbocycles. The summed E-state index contributed by atoms with van der Waals surface area (Å²) in [5.41, 5.74) is -0.0724. The lowest BCUT2D eigenvalue weighted by Crippen LogP contribution is -2.13. The molecule has 0 unspecified atom stereocenters. The van der Waals surface area contributed by atoms with Crippen LogP contribution in [0, 0.1) is 17.1 Å². The van der Waals surface area contributed by atoms with Crippen LogP contribution in [0.3, 0.4) is 0 Å². The number of halogens is 4. The highest BCUT2D eigenvalue weighted by molar-refractivity contribution is 5.64. The second-order valence-corrected chi connectivity index (χ2v) is 4.05. The molecule has 0 amide bonds. The summed E-state index contributed by atoms with van der Waals surface area (Å²) in [6, 6.07) is 6.21. The van der Waals surface area contributed by atoms with Crippen LogP contribution in [0.1, 0.15) is 11.4 Å². The Morgan fingerprint density at radius 3 is 2.43 bits per heavy atom. The highest BCUT2D eigenvalue weighted by Crippen LogP contribution is 2.30. The molecule has 0 spiro atoms. The van der Waals surface area contributed by atoms with Crippen LogP contribution >= 0.6 is 0 Å². The molecule has 1 N–H and O–H groups in total. The molecular formula is C13H8F4N4. The van der Waals surface area contributed by atoms with Crippen molar-refractivity contribution >= 4 is 5.82 Å². The van der Waals surface area contributed by atoms with Crippen LogP contribution in [-0.2, 0) is 6.18 Å². The van der Waals surface area contributed by atoms with Gasteiger partial charge in [-0.15, -0.1) is 0 Å². The number of nitrogens with one attached hydrogen (secondary N) is 1. The van der Waals surface area contributed by atoms with Gasteiger partial charge in [0.25, 0.3) is 0 Å². The molecule has 0 aliphatic heterocycles. The van der Waals surface area contributed by atoms with Gasteiger partial charge in [-0.25, -0.2) is 14.4 Å². The molecule has 1 heterocycles. The maximum absolute atomic E-state index is 13.4. The van der Waals surface area contributed by atoms with E-state index in [4.69, 9.17) is 5.26 Å². The molecule has 0 saturated carbocycles. The fraction of sp³-hybridized carbons (Fsp3) is 0.154. The van der Waals surface area contributed by atoms with Gasteiger partial charge in [0.05, 0.1) is 17.3 Å². The summed E-state index contributed by atoms with van der Waals surface area (Å²) in [4.78, 5) is 6.69. The van der Waals surface area contributed by atoms with Crippen LogP contribution in [0.2, 0.25) is 0 Å². The number of nitrogens with zero attached hydrogens (tertiary/aromatic N) is 3. The van der Waals surface area contributed by atoms with Gasteiger partial charge in [-0.3, -0.25) is 0 Å². The van der Waals surface area contributed by atoms with Crippen LogP contribution in [0.4, 0.5) is 23.4 Å². The number of hydrogen-bond donors (Lipinski definition) is 1.